The van der Waals surface area contributed by atoms with E-state index in [1.807, 2.05) is 54.6 Å². The minimum absolute atomic E-state index is 0.0551. The van der Waals surface area contributed by atoms with Crippen LogP contribution in [0, 0.1) is 6.92 Å². The number of benzene rings is 3. The van der Waals surface area contributed by atoms with Gasteiger partial charge in [-0.1, -0.05) is 36.4 Å². The predicted molar refractivity (Wildman–Crippen MR) is 128 cm³/mol. The lowest BCUT2D eigenvalue weighted by atomic mass is 10.0. The smallest absolute Gasteiger partial charge is 0.240 e. The summed E-state index contributed by atoms with van der Waals surface area (Å²) in [5, 5.41) is 22.8. The third kappa shape index (κ3) is 4.80. The van der Waals surface area contributed by atoms with E-state index in [0.29, 0.717) is 22.6 Å². The van der Waals surface area contributed by atoms with Crippen LogP contribution in [0.3, 0.4) is 0 Å². The van der Waals surface area contributed by atoms with Gasteiger partial charge in [0.2, 0.25) is 10.0 Å². The Bertz CT molecular complexity index is 1390. The summed E-state index contributed by atoms with van der Waals surface area (Å²) in [4.78, 5) is 0.139. The van der Waals surface area contributed by atoms with E-state index in [1.165, 1.54) is 0 Å². The predicted octanol–water partition coefficient (Wildman–Crippen LogP) is 3.63. The van der Waals surface area contributed by atoms with Crippen LogP contribution in [0.25, 0.3) is 22.0 Å². The number of nitrogens with zero attached hydrogens (tertiary/aromatic N) is 2. The zero-order valence-corrected chi connectivity index (χ0v) is 19.1. The number of aryl methyl sites for hydroxylation is 1. The van der Waals surface area contributed by atoms with Gasteiger partial charge in [0.25, 0.3) is 0 Å². The summed E-state index contributed by atoms with van der Waals surface area (Å²) >= 11 is 0. The number of hydrogen-bond acceptors (Lipinski definition) is 7. The number of anilines is 2. The number of methoxy groups -OCH3 is 1. The molecule has 0 saturated heterocycles. The molecule has 0 aliphatic heterocycles. The first-order valence-electron chi connectivity index (χ1n) is 10.3. The molecule has 0 bridgehead atoms. The van der Waals surface area contributed by atoms with Crippen LogP contribution >= 0.6 is 0 Å². The number of aliphatic hydroxyl groups excluding tert-OH is 1. The third-order valence-corrected chi connectivity index (χ3v) is 6.80. The van der Waals surface area contributed by atoms with Gasteiger partial charge in [-0.15, -0.1) is 10.2 Å². The maximum absolute atomic E-state index is 12.7. The van der Waals surface area contributed by atoms with Gasteiger partial charge in [0, 0.05) is 28.6 Å². The van der Waals surface area contributed by atoms with Crippen molar-refractivity contribution in [2.24, 2.45) is 0 Å². The molecule has 0 amide bonds. The highest BCUT2D eigenvalue weighted by atomic mass is 32.2. The molecule has 0 aliphatic carbocycles. The average molecular weight is 465 g/mol. The van der Waals surface area contributed by atoms with Crippen LogP contribution in [0.1, 0.15) is 5.56 Å². The van der Waals surface area contributed by atoms with Crippen molar-refractivity contribution in [1.29, 1.82) is 0 Å². The van der Waals surface area contributed by atoms with Crippen LogP contribution in [0.2, 0.25) is 0 Å². The van der Waals surface area contributed by atoms with Crippen LogP contribution < -0.4 is 14.8 Å². The molecular weight excluding hydrogens is 440 g/mol. The maximum Gasteiger partial charge on any atom is 0.240 e. The lowest BCUT2D eigenvalue weighted by Gasteiger charge is -2.13. The first kappa shape index (κ1) is 22.7. The highest BCUT2D eigenvalue weighted by Crippen LogP contribution is 2.33. The van der Waals surface area contributed by atoms with Crippen molar-refractivity contribution in [1.82, 2.24) is 14.9 Å². The van der Waals surface area contributed by atoms with Gasteiger partial charge < -0.3 is 15.2 Å². The van der Waals surface area contributed by atoms with Crippen molar-refractivity contribution in [3.8, 4) is 17.0 Å². The van der Waals surface area contributed by atoms with E-state index < -0.39 is 10.0 Å². The van der Waals surface area contributed by atoms with Crippen molar-refractivity contribution < 1.29 is 18.3 Å². The fourth-order valence-electron chi connectivity index (χ4n) is 3.52. The van der Waals surface area contributed by atoms with Gasteiger partial charge >= 0.3 is 0 Å². The second-order valence-electron chi connectivity index (χ2n) is 7.40. The number of hydrogen-bond donors (Lipinski definition) is 3. The van der Waals surface area contributed by atoms with E-state index in [0.717, 1.165) is 22.2 Å². The van der Waals surface area contributed by atoms with Gasteiger partial charge in [0.05, 0.1) is 18.6 Å². The first-order chi connectivity index (χ1) is 15.9. The summed E-state index contributed by atoms with van der Waals surface area (Å²) < 4.78 is 33.0. The van der Waals surface area contributed by atoms with Crippen LogP contribution in [-0.2, 0) is 10.0 Å². The Hall–Kier alpha value is -3.53. The number of nitrogens with one attached hydrogen (secondary N) is 2. The number of sulfonamides is 1. The Kier molecular flexibility index (Phi) is 6.55. The van der Waals surface area contributed by atoms with E-state index in [9.17, 15) is 8.42 Å². The number of ether oxygens (including phenoxy) is 1. The minimum Gasteiger partial charge on any atom is -0.497 e. The lowest BCUT2D eigenvalue weighted by molar-refractivity contribution is 0.301. The Morgan fingerprint density at radius 1 is 0.970 bits per heavy atom. The Labute approximate surface area is 192 Å². The van der Waals surface area contributed by atoms with Crippen molar-refractivity contribution >= 4 is 32.3 Å². The maximum atomic E-state index is 12.7. The molecule has 0 atom stereocenters. The van der Waals surface area contributed by atoms with E-state index in [1.54, 1.807) is 26.2 Å². The molecule has 0 aliphatic rings. The molecule has 4 aromatic rings. The minimum atomic E-state index is -3.77. The molecule has 9 heteroatoms. The van der Waals surface area contributed by atoms with Crippen molar-refractivity contribution in [3.05, 3.63) is 72.3 Å². The molecular formula is C24H24N4O4S. The number of aliphatic hydroxyl groups is 1. The Balaban J connectivity index is 1.77. The molecule has 8 nitrogen and oxygen atoms in total. The summed E-state index contributed by atoms with van der Waals surface area (Å²) in [5.41, 5.74) is 2.63. The van der Waals surface area contributed by atoms with Crippen LogP contribution in [0.15, 0.2) is 71.6 Å². The summed E-state index contributed by atoms with van der Waals surface area (Å²) in [6.07, 6.45) is 0. The molecule has 1 aromatic heterocycles. The lowest BCUT2D eigenvalue weighted by Crippen LogP contribution is -2.27. The SMILES string of the molecule is COc1ccc(Nc2nnc(-c3ccc(C)c(S(=O)(=O)NCCO)c3)c3ccccc23)cc1. The molecule has 0 saturated carbocycles. The van der Waals surface area contributed by atoms with Gasteiger partial charge in [0.15, 0.2) is 5.82 Å². The third-order valence-electron chi connectivity index (χ3n) is 5.20. The Morgan fingerprint density at radius 2 is 1.70 bits per heavy atom. The zero-order chi connectivity index (χ0) is 23.4. The summed E-state index contributed by atoms with van der Waals surface area (Å²) in [6, 6.07) is 20.3. The fourth-order valence-corrected chi connectivity index (χ4v) is 4.80. The largest absolute Gasteiger partial charge is 0.497 e. The second-order valence-corrected chi connectivity index (χ2v) is 9.13. The molecule has 0 spiro atoms. The molecule has 170 valence electrons. The highest BCUT2D eigenvalue weighted by Gasteiger charge is 2.19. The van der Waals surface area contributed by atoms with Gasteiger partial charge in [-0.3, -0.25) is 0 Å². The average Bonchev–Trinajstić information content (AvgIpc) is 2.84. The Morgan fingerprint density at radius 3 is 2.39 bits per heavy atom. The van der Waals surface area contributed by atoms with Gasteiger partial charge in [-0.2, -0.15) is 0 Å². The van der Waals surface area contributed by atoms with E-state index in [-0.39, 0.29) is 18.0 Å². The number of rotatable bonds is 8. The zero-order valence-electron chi connectivity index (χ0n) is 18.2. The molecule has 0 fully saturated rings. The summed E-state index contributed by atoms with van der Waals surface area (Å²) in [7, 11) is -2.16. The number of fused-ring (bicyclic) bond motifs is 1. The molecule has 0 radical (unpaired) electrons. The molecule has 4 rings (SSSR count). The standard InChI is InChI=1S/C24H24N4O4S/c1-16-7-8-17(15-22(16)33(30,31)25-13-14-29)23-20-5-3-4-6-21(20)24(28-27-23)26-18-9-11-19(32-2)12-10-18/h3-12,15,25,29H,13-14H2,1-2H3,(H,26,28). The van der Waals surface area contributed by atoms with Crippen LogP contribution in [0.4, 0.5) is 11.5 Å². The van der Waals surface area contributed by atoms with E-state index in [4.69, 9.17) is 9.84 Å². The molecule has 1 heterocycles. The molecule has 3 N–H and O–H groups in total. The quantitative estimate of drug-likeness (QED) is 0.365. The van der Waals surface area contributed by atoms with Crippen molar-refractivity contribution in [2.45, 2.75) is 11.8 Å². The van der Waals surface area contributed by atoms with Gasteiger partial charge in [0.1, 0.15) is 11.4 Å². The molecule has 33 heavy (non-hydrogen) atoms. The van der Waals surface area contributed by atoms with Crippen molar-refractivity contribution in [2.75, 3.05) is 25.6 Å². The highest BCUT2D eigenvalue weighted by molar-refractivity contribution is 7.89. The topological polar surface area (TPSA) is 113 Å². The normalized spacial score (nSPS) is 11.5. The van der Waals surface area contributed by atoms with Gasteiger partial charge in [-0.25, -0.2) is 13.1 Å². The molecule has 3 aromatic carbocycles. The fraction of sp³-hybridized carbons (Fsp3) is 0.167. The van der Waals surface area contributed by atoms with Crippen LogP contribution in [-0.4, -0.2) is 44.0 Å². The molecule has 0 unspecified atom stereocenters. The van der Waals surface area contributed by atoms with Gasteiger partial charge in [-0.05, 0) is 42.8 Å². The van der Waals surface area contributed by atoms with E-state index in [2.05, 4.69) is 20.2 Å². The van der Waals surface area contributed by atoms with Crippen molar-refractivity contribution in [3.63, 3.8) is 0 Å². The number of aromatic nitrogens is 2. The monoisotopic (exact) mass is 464 g/mol. The van der Waals surface area contributed by atoms with E-state index >= 15 is 0 Å². The summed E-state index contributed by atoms with van der Waals surface area (Å²) in [6.45, 7) is 1.39. The van der Waals surface area contributed by atoms with Crippen LogP contribution in [0.5, 0.6) is 5.75 Å². The summed E-state index contributed by atoms with van der Waals surface area (Å²) in [5.74, 6) is 1.34. The second kappa shape index (κ2) is 9.53. The first-order valence-corrected chi connectivity index (χ1v) is 11.8.